The van der Waals surface area contributed by atoms with Gasteiger partial charge in [-0.1, -0.05) is 46.3 Å². The predicted octanol–water partition coefficient (Wildman–Crippen LogP) is 4.75. The van der Waals surface area contributed by atoms with Crippen molar-refractivity contribution < 1.29 is 9.53 Å². The molecule has 0 radical (unpaired) electrons. The largest absolute Gasteiger partial charge is 0.444 e. The number of carbonyl (C=O) groups excluding carboxylic acids is 1. The van der Waals surface area contributed by atoms with Crippen LogP contribution < -0.4 is 5.32 Å². The van der Waals surface area contributed by atoms with Gasteiger partial charge in [-0.25, -0.2) is 4.79 Å². The summed E-state index contributed by atoms with van der Waals surface area (Å²) in [4.78, 5) is 16.1. The van der Waals surface area contributed by atoms with Gasteiger partial charge < -0.3 is 4.74 Å². The highest BCUT2D eigenvalue weighted by atomic mass is 79.9. The number of amides is 1. The number of anilines is 1. The van der Waals surface area contributed by atoms with Crippen molar-refractivity contribution in [2.45, 2.75) is 6.61 Å². The number of carbonyl (C=O) groups is 1. The summed E-state index contributed by atoms with van der Waals surface area (Å²) in [6, 6.07) is 15.1. The summed E-state index contributed by atoms with van der Waals surface area (Å²) in [6.45, 7) is 0.235. The summed E-state index contributed by atoms with van der Waals surface area (Å²) in [7, 11) is 0. The molecule has 2 aromatic carbocycles. The zero-order valence-corrected chi connectivity index (χ0v) is 13.2. The zero-order valence-electron chi connectivity index (χ0n) is 11.6. The fraction of sp³-hybridized carbons (Fsp3) is 0.0588. The number of nitrogens with one attached hydrogen (secondary N) is 1. The normalized spacial score (nSPS) is 10.4. The molecule has 110 valence electrons. The molecule has 3 aromatic rings. The van der Waals surface area contributed by atoms with E-state index in [2.05, 4.69) is 26.2 Å². The van der Waals surface area contributed by atoms with Crippen LogP contribution in [0.25, 0.3) is 10.8 Å². The number of hydrogen-bond acceptors (Lipinski definition) is 3. The van der Waals surface area contributed by atoms with Crippen LogP contribution in [0.5, 0.6) is 0 Å². The second-order valence-corrected chi connectivity index (χ2v) is 5.56. The van der Waals surface area contributed by atoms with Gasteiger partial charge in [-0.3, -0.25) is 10.3 Å². The molecule has 1 N–H and O–H groups in total. The Hall–Kier alpha value is -2.40. The van der Waals surface area contributed by atoms with E-state index < -0.39 is 6.09 Å². The molecule has 0 aliphatic rings. The maximum absolute atomic E-state index is 11.9. The first kappa shape index (κ1) is 14.5. The Bertz CT molecular complexity index is 806. The van der Waals surface area contributed by atoms with E-state index in [1.807, 2.05) is 48.5 Å². The van der Waals surface area contributed by atoms with Crippen LogP contribution in [-0.2, 0) is 11.3 Å². The van der Waals surface area contributed by atoms with Crippen molar-refractivity contribution >= 4 is 38.5 Å². The zero-order chi connectivity index (χ0) is 15.4. The Kier molecular flexibility index (Phi) is 4.34. The highest BCUT2D eigenvalue weighted by molar-refractivity contribution is 9.10. The summed E-state index contributed by atoms with van der Waals surface area (Å²) < 4.78 is 6.18. The molecule has 4 nitrogen and oxygen atoms in total. The monoisotopic (exact) mass is 356 g/mol. The first-order valence-electron chi connectivity index (χ1n) is 6.74. The maximum atomic E-state index is 11.9. The minimum absolute atomic E-state index is 0.235. The first-order chi connectivity index (χ1) is 10.7. The van der Waals surface area contributed by atoms with Crippen molar-refractivity contribution in [3.63, 3.8) is 0 Å². The van der Waals surface area contributed by atoms with E-state index in [0.717, 1.165) is 20.8 Å². The predicted molar refractivity (Wildman–Crippen MR) is 89.7 cm³/mol. The van der Waals surface area contributed by atoms with Crippen LogP contribution in [0.4, 0.5) is 10.5 Å². The van der Waals surface area contributed by atoms with Crippen LogP contribution in [-0.4, -0.2) is 11.1 Å². The van der Waals surface area contributed by atoms with E-state index >= 15 is 0 Å². The molecule has 0 saturated heterocycles. The second kappa shape index (κ2) is 6.58. The third-order valence-electron chi connectivity index (χ3n) is 3.21. The van der Waals surface area contributed by atoms with Crippen molar-refractivity contribution in [2.24, 2.45) is 0 Å². The third-order valence-corrected chi connectivity index (χ3v) is 3.91. The molecule has 0 aliphatic heterocycles. The van der Waals surface area contributed by atoms with Crippen molar-refractivity contribution in [2.75, 3.05) is 5.32 Å². The Labute approximate surface area is 136 Å². The number of ether oxygens (including phenoxy) is 1. The van der Waals surface area contributed by atoms with E-state index in [4.69, 9.17) is 4.74 Å². The summed E-state index contributed by atoms with van der Waals surface area (Å²) in [5.41, 5.74) is 1.62. The van der Waals surface area contributed by atoms with Gasteiger partial charge >= 0.3 is 6.09 Å². The average Bonchev–Trinajstić information content (AvgIpc) is 2.57. The number of benzene rings is 2. The molecule has 0 fully saturated rings. The van der Waals surface area contributed by atoms with Gasteiger partial charge in [0.15, 0.2) is 0 Å². The van der Waals surface area contributed by atoms with Crippen molar-refractivity contribution in [3.8, 4) is 0 Å². The first-order valence-corrected chi connectivity index (χ1v) is 7.53. The number of nitrogens with zero attached hydrogens (tertiary/aromatic N) is 1. The SMILES string of the molecule is O=C(Nc1ccc(Br)c2ccncc12)OCc1ccccc1. The van der Waals surface area contributed by atoms with Gasteiger partial charge in [-0.05, 0) is 23.8 Å². The van der Waals surface area contributed by atoms with E-state index in [-0.39, 0.29) is 6.61 Å². The molecule has 0 atom stereocenters. The summed E-state index contributed by atoms with van der Waals surface area (Å²) >= 11 is 3.49. The highest BCUT2D eigenvalue weighted by Gasteiger charge is 2.09. The Morgan fingerprint density at radius 2 is 1.91 bits per heavy atom. The number of fused-ring (bicyclic) bond motifs is 1. The number of aromatic nitrogens is 1. The standard InChI is InChI=1S/C17H13BrN2O2/c18-15-6-7-16(14-10-19-9-8-13(14)15)20-17(21)22-11-12-4-2-1-3-5-12/h1-10H,11H2,(H,20,21). The summed E-state index contributed by atoms with van der Waals surface area (Å²) in [6.07, 6.45) is 2.94. The number of hydrogen-bond donors (Lipinski definition) is 1. The average molecular weight is 357 g/mol. The lowest BCUT2D eigenvalue weighted by Crippen LogP contribution is -2.13. The van der Waals surface area contributed by atoms with Crippen molar-refractivity contribution in [1.82, 2.24) is 4.98 Å². The van der Waals surface area contributed by atoms with Gasteiger partial charge in [-0.2, -0.15) is 0 Å². The van der Waals surface area contributed by atoms with Crippen molar-refractivity contribution in [3.05, 3.63) is 71.0 Å². The van der Waals surface area contributed by atoms with Crippen LogP contribution in [0.2, 0.25) is 0 Å². The van der Waals surface area contributed by atoms with Gasteiger partial charge in [0.05, 0.1) is 5.69 Å². The van der Waals surface area contributed by atoms with E-state index in [1.54, 1.807) is 12.4 Å². The van der Waals surface area contributed by atoms with Gasteiger partial charge in [0.2, 0.25) is 0 Å². The van der Waals surface area contributed by atoms with Crippen LogP contribution >= 0.6 is 15.9 Å². The molecule has 0 unspecified atom stereocenters. The highest BCUT2D eigenvalue weighted by Crippen LogP contribution is 2.29. The minimum atomic E-state index is -0.490. The second-order valence-electron chi connectivity index (χ2n) is 4.70. The van der Waals surface area contributed by atoms with E-state index in [1.165, 1.54) is 0 Å². The molecule has 0 aliphatic carbocycles. The lowest BCUT2D eigenvalue weighted by molar-refractivity contribution is 0.155. The van der Waals surface area contributed by atoms with Crippen molar-refractivity contribution in [1.29, 1.82) is 0 Å². The van der Waals surface area contributed by atoms with Gasteiger partial charge in [0, 0.05) is 27.6 Å². The quantitative estimate of drug-likeness (QED) is 0.736. The fourth-order valence-corrected chi connectivity index (χ4v) is 2.61. The maximum Gasteiger partial charge on any atom is 0.411 e. The topological polar surface area (TPSA) is 51.2 Å². The molecule has 0 bridgehead atoms. The molecule has 1 amide bonds. The minimum Gasteiger partial charge on any atom is -0.444 e. The molecule has 5 heteroatoms. The molecule has 0 spiro atoms. The summed E-state index contributed by atoms with van der Waals surface area (Å²) in [5.74, 6) is 0. The van der Waals surface area contributed by atoms with E-state index in [9.17, 15) is 4.79 Å². The van der Waals surface area contributed by atoms with E-state index in [0.29, 0.717) is 5.69 Å². The smallest absolute Gasteiger partial charge is 0.411 e. The third kappa shape index (κ3) is 3.26. The van der Waals surface area contributed by atoms with Crippen LogP contribution in [0, 0.1) is 0 Å². The Morgan fingerprint density at radius 1 is 1.09 bits per heavy atom. The van der Waals surface area contributed by atoms with Crippen LogP contribution in [0.1, 0.15) is 5.56 Å². The number of rotatable bonds is 3. The molecular weight excluding hydrogens is 344 g/mol. The fourth-order valence-electron chi connectivity index (χ4n) is 2.13. The molecule has 0 saturated carbocycles. The molecular formula is C17H13BrN2O2. The number of pyridine rings is 1. The van der Waals surface area contributed by atoms with Crippen LogP contribution in [0.3, 0.4) is 0 Å². The molecule has 22 heavy (non-hydrogen) atoms. The lowest BCUT2D eigenvalue weighted by Gasteiger charge is -2.10. The summed E-state index contributed by atoms with van der Waals surface area (Å²) in [5, 5.41) is 4.60. The van der Waals surface area contributed by atoms with Gasteiger partial charge in [0.25, 0.3) is 0 Å². The Balaban J connectivity index is 1.73. The van der Waals surface area contributed by atoms with Crippen LogP contribution in [0.15, 0.2) is 65.4 Å². The molecule has 1 aromatic heterocycles. The molecule has 3 rings (SSSR count). The molecule has 1 heterocycles. The Morgan fingerprint density at radius 3 is 2.73 bits per heavy atom. The number of halogens is 1. The van der Waals surface area contributed by atoms with Gasteiger partial charge in [0.1, 0.15) is 6.61 Å². The lowest BCUT2D eigenvalue weighted by atomic mass is 10.1. The van der Waals surface area contributed by atoms with Gasteiger partial charge in [-0.15, -0.1) is 0 Å².